The van der Waals surface area contributed by atoms with Gasteiger partial charge in [-0.25, -0.2) is 0 Å². The highest BCUT2D eigenvalue weighted by atomic mass is 16.3. The number of hydrogen-bond acceptors (Lipinski definition) is 1. The highest BCUT2D eigenvalue weighted by Gasteiger charge is 2.37. The minimum atomic E-state index is -0.0465. The summed E-state index contributed by atoms with van der Waals surface area (Å²) < 4.78 is 6.61. The third-order valence-corrected chi connectivity index (χ3v) is 9.67. The molecule has 0 atom stereocenters. The predicted octanol–water partition coefficient (Wildman–Crippen LogP) is 12.0. The monoisotopic (exact) mass is 562 g/mol. The van der Waals surface area contributed by atoms with Gasteiger partial charge in [-0.2, -0.15) is 0 Å². The minimum absolute atomic E-state index is 0.0465. The van der Waals surface area contributed by atoms with E-state index in [2.05, 4.69) is 159 Å². The van der Waals surface area contributed by atoms with Crippen molar-refractivity contribution in [3.63, 3.8) is 0 Å². The molecule has 0 amide bonds. The van der Waals surface area contributed by atoms with Crippen molar-refractivity contribution in [2.45, 2.75) is 19.3 Å². The second-order valence-electron chi connectivity index (χ2n) is 12.5. The van der Waals surface area contributed by atoms with E-state index >= 15 is 0 Å². The van der Waals surface area contributed by atoms with Crippen LogP contribution in [0.4, 0.5) is 0 Å². The molecular formula is C43H30O. The average molecular weight is 563 g/mol. The lowest BCUT2D eigenvalue weighted by Crippen LogP contribution is -2.14. The molecule has 9 rings (SSSR count). The van der Waals surface area contributed by atoms with E-state index < -0.39 is 0 Å². The molecule has 0 bridgehead atoms. The first kappa shape index (κ1) is 25.1. The third kappa shape index (κ3) is 3.53. The fourth-order valence-corrected chi connectivity index (χ4v) is 7.65. The molecule has 1 aliphatic rings. The summed E-state index contributed by atoms with van der Waals surface area (Å²) in [6, 6.07) is 52.8. The van der Waals surface area contributed by atoms with Crippen molar-refractivity contribution in [3.05, 3.63) is 157 Å². The Balaban J connectivity index is 1.26. The van der Waals surface area contributed by atoms with Crippen molar-refractivity contribution >= 4 is 32.5 Å². The van der Waals surface area contributed by atoms with E-state index in [0.717, 1.165) is 22.3 Å². The maximum atomic E-state index is 6.61. The van der Waals surface area contributed by atoms with Gasteiger partial charge in [-0.05, 0) is 84.3 Å². The molecule has 1 aliphatic carbocycles. The molecule has 0 saturated heterocycles. The Labute approximate surface area is 257 Å². The van der Waals surface area contributed by atoms with E-state index in [1.54, 1.807) is 0 Å². The van der Waals surface area contributed by atoms with Gasteiger partial charge in [0.15, 0.2) is 0 Å². The molecule has 0 radical (unpaired) electrons. The summed E-state index contributed by atoms with van der Waals surface area (Å²) >= 11 is 0. The summed E-state index contributed by atoms with van der Waals surface area (Å²) in [6.45, 7) is 4.65. The van der Waals surface area contributed by atoms with Crippen LogP contribution in [0.15, 0.2) is 150 Å². The lowest BCUT2D eigenvalue weighted by atomic mass is 9.82. The largest absolute Gasteiger partial charge is 0.456 e. The summed E-state index contributed by atoms with van der Waals surface area (Å²) in [5.41, 5.74) is 12.3. The van der Waals surface area contributed by atoms with E-state index in [4.69, 9.17) is 4.42 Å². The zero-order valence-corrected chi connectivity index (χ0v) is 24.8. The smallest absolute Gasteiger partial charge is 0.136 e. The van der Waals surface area contributed by atoms with Crippen LogP contribution >= 0.6 is 0 Å². The fraction of sp³-hybridized carbons (Fsp3) is 0.0698. The van der Waals surface area contributed by atoms with Crippen molar-refractivity contribution < 1.29 is 4.42 Å². The number of fused-ring (bicyclic) bond motifs is 6. The molecule has 208 valence electrons. The molecule has 0 saturated carbocycles. The first-order valence-corrected chi connectivity index (χ1v) is 15.4. The van der Waals surface area contributed by atoms with Crippen molar-refractivity contribution in [1.29, 1.82) is 0 Å². The lowest BCUT2D eigenvalue weighted by molar-refractivity contribution is 0.631. The maximum absolute atomic E-state index is 6.61. The van der Waals surface area contributed by atoms with Gasteiger partial charge in [0.1, 0.15) is 11.3 Å². The van der Waals surface area contributed by atoms with Crippen molar-refractivity contribution in [2.24, 2.45) is 0 Å². The van der Waals surface area contributed by atoms with Crippen LogP contribution in [-0.2, 0) is 5.41 Å². The number of rotatable bonds is 3. The van der Waals surface area contributed by atoms with Gasteiger partial charge in [-0.15, -0.1) is 0 Å². The Hall–Kier alpha value is -5.40. The van der Waals surface area contributed by atoms with Crippen LogP contribution in [0.25, 0.3) is 77.2 Å². The van der Waals surface area contributed by atoms with E-state index in [-0.39, 0.29) is 5.41 Å². The molecule has 1 heterocycles. The van der Waals surface area contributed by atoms with E-state index in [0.29, 0.717) is 0 Å². The van der Waals surface area contributed by atoms with Gasteiger partial charge >= 0.3 is 0 Å². The Morgan fingerprint density at radius 2 is 1.00 bits per heavy atom. The maximum Gasteiger partial charge on any atom is 0.136 e. The molecule has 8 aromatic rings. The molecule has 0 N–H and O–H groups in total. The van der Waals surface area contributed by atoms with E-state index in [1.807, 2.05) is 0 Å². The van der Waals surface area contributed by atoms with Gasteiger partial charge < -0.3 is 4.42 Å². The van der Waals surface area contributed by atoms with Gasteiger partial charge in [-0.3, -0.25) is 0 Å². The minimum Gasteiger partial charge on any atom is -0.456 e. The van der Waals surface area contributed by atoms with Crippen molar-refractivity contribution in [1.82, 2.24) is 0 Å². The van der Waals surface area contributed by atoms with Crippen LogP contribution in [0.3, 0.4) is 0 Å². The summed E-state index contributed by atoms with van der Waals surface area (Å²) in [7, 11) is 0. The normalized spacial score (nSPS) is 13.4. The summed E-state index contributed by atoms with van der Waals surface area (Å²) in [5.74, 6) is 0.913. The van der Waals surface area contributed by atoms with Gasteiger partial charge in [-0.1, -0.05) is 141 Å². The first-order chi connectivity index (χ1) is 21.6. The Morgan fingerprint density at radius 1 is 0.432 bits per heavy atom. The third-order valence-electron chi connectivity index (χ3n) is 9.67. The summed E-state index contributed by atoms with van der Waals surface area (Å²) in [4.78, 5) is 0. The molecule has 7 aromatic carbocycles. The van der Waals surface area contributed by atoms with E-state index in [1.165, 1.54) is 66.1 Å². The summed E-state index contributed by atoms with van der Waals surface area (Å²) in [5, 5.41) is 6.16. The standard InChI is InChI=1S/C43H30O/c1-43(2)36-21-11-10-19-34(36)42-35(20-12-22-37(42)43)39-26-29-25-28(23-24-38(29)44-39)41-32-17-8-6-15-30(32)40(27-13-4-3-5-14-27)31-16-7-9-18-33(31)41/h3-26H,1-2H3. The van der Waals surface area contributed by atoms with Gasteiger partial charge in [0.25, 0.3) is 0 Å². The Bertz CT molecular complexity index is 2350. The predicted molar refractivity (Wildman–Crippen MR) is 185 cm³/mol. The molecular weight excluding hydrogens is 532 g/mol. The Morgan fingerprint density at radius 3 is 1.70 bits per heavy atom. The average Bonchev–Trinajstić information content (AvgIpc) is 3.60. The van der Waals surface area contributed by atoms with Crippen LogP contribution in [0.1, 0.15) is 25.0 Å². The topological polar surface area (TPSA) is 13.1 Å². The highest BCUT2D eigenvalue weighted by Crippen LogP contribution is 2.52. The van der Waals surface area contributed by atoms with Gasteiger partial charge in [0, 0.05) is 16.4 Å². The lowest BCUT2D eigenvalue weighted by Gasteiger charge is -2.21. The van der Waals surface area contributed by atoms with Crippen LogP contribution in [-0.4, -0.2) is 0 Å². The highest BCUT2D eigenvalue weighted by molar-refractivity contribution is 6.21. The number of hydrogen-bond donors (Lipinski definition) is 0. The van der Waals surface area contributed by atoms with Crippen molar-refractivity contribution in [3.8, 4) is 44.7 Å². The molecule has 1 nitrogen and oxygen atoms in total. The molecule has 0 fully saturated rings. The van der Waals surface area contributed by atoms with Crippen LogP contribution < -0.4 is 0 Å². The van der Waals surface area contributed by atoms with Gasteiger partial charge in [0.2, 0.25) is 0 Å². The second kappa shape index (κ2) is 9.30. The molecule has 1 aromatic heterocycles. The van der Waals surface area contributed by atoms with Crippen LogP contribution in [0, 0.1) is 0 Å². The number of benzene rings is 7. The molecule has 0 spiro atoms. The molecule has 44 heavy (non-hydrogen) atoms. The van der Waals surface area contributed by atoms with E-state index in [9.17, 15) is 0 Å². The quantitative estimate of drug-likeness (QED) is 0.195. The van der Waals surface area contributed by atoms with Crippen LogP contribution in [0.2, 0.25) is 0 Å². The molecule has 0 aliphatic heterocycles. The zero-order valence-electron chi connectivity index (χ0n) is 24.8. The fourth-order valence-electron chi connectivity index (χ4n) is 7.65. The molecule has 0 unspecified atom stereocenters. The SMILES string of the molecule is CC1(C)c2ccccc2-c2c(-c3cc4cc(-c5c6ccccc6c(-c6ccccc6)c6ccccc56)ccc4o3)cccc21. The van der Waals surface area contributed by atoms with Gasteiger partial charge in [0.05, 0.1) is 0 Å². The molecule has 1 heteroatoms. The van der Waals surface area contributed by atoms with Crippen LogP contribution in [0.5, 0.6) is 0 Å². The number of furan rings is 1. The first-order valence-electron chi connectivity index (χ1n) is 15.4. The van der Waals surface area contributed by atoms with Crippen molar-refractivity contribution in [2.75, 3.05) is 0 Å². The second-order valence-corrected chi connectivity index (χ2v) is 12.5. The zero-order chi connectivity index (χ0) is 29.4. The summed E-state index contributed by atoms with van der Waals surface area (Å²) in [6.07, 6.45) is 0. The Kier molecular flexibility index (Phi) is 5.31.